The van der Waals surface area contributed by atoms with E-state index in [4.69, 9.17) is 26.8 Å². The summed E-state index contributed by atoms with van der Waals surface area (Å²) in [6.45, 7) is 3.11. The zero-order valence-corrected chi connectivity index (χ0v) is 14.5. The normalized spacial score (nSPS) is 17.7. The third-order valence-corrected chi connectivity index (χ3v) is 4.05. The molecule has 9 heteroatoms. The Morgan fingerprint density at radius 2 is 2.12 bits per heavy atom. The maximum Gasteiger partial charge on any atom is 0.417 e. The van der Waals surface area contributed by atoms with E-state index in [2.05, 4.69) is 0 Å². The molecule has 1 aromatic carbocycles. The molecule has 0 amide bonds. The predicted octanol–water partition coefficient (Wildman–Crippen LogP) is 4.00. The van der Waals surface area contributed by atoms with Gasteiger partial charge in [-0.1, -0.05) is 17.7 Å². The summed E-state index contributed by atoms with van der Waals surface area (Å²) in [5.41, 5.74) is 4.74. The number of halogens is 4. The lowest BCUT2D eigenvalue weighted by Gasteiger charge is -2.27. The highest BCUT2D eigenvalue weighted by molar-refractivity contribution is 6.31. The van der Waals surface area contributed by atoms with Gasteiger partial charge in [0, 0.05) is 0 Å². The molecular weight excluding hydrogens is 373 g/mol. The van der Waals surface area contributed by atoms with E-state index in [0.29, 0.717) is 0 Å². The molecule has 0 spiro atoms. The van der Waals surface area contributed by atoms with Crippen molar-refractivity contribution in [1.82, 2.24) is 0 Å². The molecule has 0 fully saturated rings. The minimum Gasteiger partial charge on any atom is -0.463 e. The van der Waals surface area contributed by atoms with Crippen LogP contribution in [0.4, 0.5) is 13.2 Å². The van der Waals surface area contributed by atoms with E-state index in [1.807, 2.05) is 6.07 Å². The Morgan fingerprint density at radius 1 is 1.46 bits per heavy atom. The molecule has 2 rings (SSSR count). The smallest absolute Gasteiger partial charge is 0.417 e. The molecule has 1 aliphatic heterocycles. The van der Waals surface area contributed by atoms with E-state index in [1.165, 1.54) is 6.92 Å². The number of nitriles is 1. The molecular formula is C17H14ClF3N2O3. The second-order valence-electron chi connectivity index (χ2n) is 5.35. The molecule has 1 aromatic rings. The molecule has 0 saturated carbocycles. The number of benzene rings is 1. The van der Waals surface area contributed by atoms with Crippen LogP contribution in [0, 0.1) is 11.3 Å². The molecule has 1 heterocycles. The van der Waals surface area contributed by atoms with Crippen molar-refractivity contribution in [3.63, 3.8) is 0 Å². The van der Waals surface area contributed by atoms with E-state index in [1.54, 1.807) is 6.92 Å². The molecule has 0 radical (unpaired) electrons. The first-order valence-corrected chi connectivity index (χ1v) is 7.81. The number of alkyl halides is 3. The van der Waals surface area contributed by atoms with Gasteiger partial charge in [0.05, 0.1) is 28.7 Å². The largest absolute Gasteiger partial charge is 0.463 e. The quantitative estimate of drug-likeness (QED) is 0.793. The molecule has 1 atom stereocenters. The lowest BCUT2D eigenvalue weighted by atomic mass is 9.83. The number of carbonyl (C=O) groups is 1. The van der Waals surface area contributed by atoms with E-state index in [-0.39, 0.29) is 35.0 Å². The van der Waals surface area contributed by atoms with Gasteiger partial charge in [0.25, 0.3) is 0 Å². The van der Waals surface area contributed by atoms with Crippen LogP contribution in [0.3, 0.4) is 0 Å². The van der Waals surface area contributed by atoms with Crippen molar-refractivity contribution in [3.05, 3.63) is 57.1 Å². The molecule has 1 aliphatic rings. The van der Waals surface area contributed by atoms with Crippen LogP contribution in [0.1, 0.15) is 30.9 Å². The summed E-state index contributed by atoms with van der Waals surface area (Å²) in [6, 6.07) is 4.82. The summed E-state index contributed by atoms with van der Waals surface area (Å²) in [6.07, 6.45) is -4.63. The summed E-state index contributed by atoms with van der Waals surface area (Å²) in [7, 11) is 0. The highest BCUT2D eigenvalue weighted by Gasteiger charge is 2.38. The van der Waals surface area contributed by atoms with Crippen LogP contribution < -0.4 is 5.73 Å². The highest BCUT2D eigenvalue weighted by atomic mass is 35.5. The maximum absolute atomic E-state index is 12.9. The Labute approximate surface area is 152 Å². The van der Waals surface area contributed by atoms with Crippen LogP contribution in [0.25, 0.3) is 0 Å². The Bertz CT molecular complexity index is 854. The van der Waals surface area contributed by atoms with Gasteiger partial charge >= 0.3 is 12.1 Å². The molecule has 26 heavy (non-hydrogen) atoms. The van der Waals surface area contributed by atoms with Crippen molar-refractivity contribution < 1.29 is 27.4 Å². The molecule has 0 bridgehead atoms. The minimum atomic E-state index is -4.63. The number of hydrogen-bond acceptors (Lipinski definition) is 5. The van der Waals surface area contributed by atoms with Crippen molar-refractivity contribution in [3.8, 4) is 6.07 Å². The maximum atomic E-state index is 12.9. The molecule has 5 nitrogen and oxygen atoms in total. The monoisotopic (exact) mass is 386 g/mol. The Balaban J connectivity index is 2.64. The average molecular weight is 387 g/mol. The number of rotatable bonds is 3. The molecule has 138 valence electrons. The predicted molar refractivity (Wildman–Crippen MR) is 86.4 cm³/mol. The number of esters is 1. The second kappa shape index (κ2) is 7.30. The van der Waals surface area contributed by atoms with E-state index in [9.17, 15) is 23.2 Å². The van der Waals surface area contributed by atoms with Crippen LogP contribution in [0.15, 0.2) is 41.0 Å². The van der Waals surface area contributed by atoms with Gasteiger partial charge in [-0.25, -0.2) is 4.79 Å². The van der Waals surface area contributed by atoms with Gasteiger partial charge < -0.3 is 15.2 Å². The lowest BCUT2D eigenvalue weighted by molar-refractivity contribution is -0.139. The summed E-state index contributed by atoms with van der Waals surface area (Å²) >= 11 is 5.77. The highest BCUT2D eigenvalue weighted by Crippen LogP contribution is 2.42. The molecule has 0 aromatic heterocycles. The van der Waals surface area contributed by atoms with Gasteiger partial charge in [0.2, 0.25) is 5.88 Å². The number of allylic oxidation sites excluding steroid dienone is 2. The average Bonchev–Trinajstić information content (AvgIpc) is 2.52. The van der Waals surface area contributed by atoms with E-state index in [0.717, 1.165) is 18.2 Å². The van der Waals surface area contributed by atoms with Crippen molar-refractivity contribution in [1.29, 1.82) is 5.26 Å². The van der Waals surface area contributed by atoms with E-state index >= 15 is 0 Å². The third kappa shape index (κ3) is 3.63. The van der Waals surface area contributed by atoms with Crippen LogP contribution in [0.2, 0.25) is 5.02 Å². The summed E-state index contributed by atoms with van der Waals surface area (Å²) < 4.78 is 49.0. The third-order valence-electron chi connectivity index (χ3n) is 3.73. The van der Waals surface area contributed by atoms with Gasteiger partial charge in [-0.15, -0.1) is 0 Å². The first-order valence-electron chi connectivity index (χ1n) is 7.43. The van der Waals surface area contributed by atoms with Crippen LogP contribution in [-0.4, -0.2) is 12.6 Å². The number of nitrogens with two attached hydrogens (primary N) is 1. The SMILES string of the molecule is CCOC(=O)C1=C(C)OC(N)=C(C#N)C1c1ccc(C(F)(F)F)c(Cl)c1. The van der Waals surface area contributed by atoms with Crippen molar-refractivity contribution in [2.75, 3.05) is 6.61 Å². The van der Waals surface area contributed by atoms with Gasteiger partial charge in [0.15, 0.2) is 0 Å². The standard InChI is InChI=1S/C17H14ClF3N2O3/c1-3-25-16(24)13-8(2)26-15(23)10(7-22)14(13)9-4-5-11(12(18)6-9)17(19,20)21/h4-6,14H,3,23H2,1-2H3. The van der Waals surface area contributed by atoms with Gasteiger partial charge in [-0.2, -0.15) is 18.4 Å². The number of ether oxygens (including phenoxy) is 2. The fourth-order valence-electron chi connectivity index (χ4n) is 2.63. The topological polar surface area (TPSA) is 85.3 Å². The zero-order chi connectivity index (χ0) is 19.6. The van der Waals surface area contributed by atoms with Gasteiger partial charge in [0.1, 0.15) is 17.4 Å². The van der Waals surface area contributed by atoms with Crippen LogP contribution >= 0.6 is 11.6 Å². The minimum absolute atomic E-state index is 0.0200. The zero-order valence-electron chi connectivity index (χ0n) is 13.8. The molecule has 0 saturated heterocycles. The Morgan fingerprint density at radius 3 is 2.62 bits per heavy atom. The Hall–Kier alpha value is -2.66. The van der Waals surface area contributed by atoms with Crippen LogP contribution in [0.5, 0.6) is 0 Å². The fraction of sp³-hybridized carbons (Fsp3) is 0.294. The van der Waals surface area contributed by atoms with Crippen molar-refractivity contribution in [2.45, 2.75) is 25.9 Å². The second-order valence-corrected chi connectivity index (χ2v) is 5.76. The number of hydrogen-bond donors (Lipinski definition) is 1. The Kier molecular flexibility index (Phi) is 5.52. The van der Waals surface area contributed by atoms with E-state index < -0.39 is 28.6 Å². The first-order chi connectivity index (χ1) is 12.1. The van der Waals surface area contributed by atoms with Crippen LogP contribution in [-0.2, 0) is 20.4 Å². The molecule has 1 unspecified atom stereocenters. The number of nitrogens with zero attached hydrogens (tertiary/aromatic N) is 1. The lowest BCUT2D eigenvalue weighted by Crippen LogP contribution is -2.25. The summed E-state index contributed by atoms with van der Waals surface area (Å²) in [4.78, 5) is 12.3. The molecule has 2 N–H and O–H groups in total. The fourth-order valence-corrected chi connectivity index (χ4v) is 2.93. The van der Waals surface area contributed by atoms with Crippen molar-refractivity contribution >= 4 is 17.6 Å². The van der Waals surface area contributed by atoms with Gasteiger partial charge in [-0.05, 0) is 31.5 Å². The number of carbonyl (C=O) groups excluding carboxylic acids is 1. The van der Waals surface area contributed by atoms with Gasteiger partial charge in [-0.3, -0.25) is 0 Å². The first kappa shape index (κ1) is 19.7. The summed E-state index contributed by atoms with van der Waals surface area (Å²) in [5, 5.41) is 8.85. The summed E-state index contributed by atoms with van der Waals surface area (Å²) in [5.74, 6) is -1.95. The van der Waals surface area contributed by atoms with Crippen molar-refractivity contribution in [2.24, 2.45) is 5.73 Å². The molecule has 0 aliphatic carbocycles.